The lowest BCUT2D eigenvalue weighted by Gasteiger charge is -2.36. The van der Waals surface area contributed by atoms with Crippen LogP contribution in [0.15, 0.2) is 4.52 Å². The molecule has 0 amide bonds. The summed E-state index contributed by atoms with van der Waals surface area (Å²) in [6.45, 7) is 5.59. The predicted octanol–water partition coefficient (Wildman–Crippen LogP) is 2.47. The first-order chi connectivity index (χ1) is 8.15. The quantitative estimate of drug-likeness (QED) is 0.874. The summed E-state index contributed by atoms with van der Waals surface area (Å²) in [5, 5.41) is 7.62. The highest BCUT2D eigenvalue weighted by atomic mass is 16.5. The minimum atomic E-state index is 0.210. The molecule has 1 unspecified atom stereocenters. The average Bonchev–Trinajstić information content (AvgIpc) is 2.96. The number of hydrogen-bond donors (Lipinski definition) is 1. The van der Waals surface area contributed by atoms with Gasteiger partial charge in [-0.15, -0.1) is 0 Å². The van der Waals surface area contributed by atoms with Crippen LogP contribution in [0.4, 0.5) is 0 Å². The zero-order valence-electron chi connectivity index (χ0n) is 10.7. The third-order valence-corrected chi connectivity index (χ3v) is 4.03. The van der Waals surface area contributed by atoms with Crippen molar-refractivity contribution in [2.75, 3.05) is 6.54 Å². The van der Waals surface area contributed by atoms with E-state index in [-0.39, 0.29) is 11.5 Å². The average molecular weight is 235 g/mol. The Morgan fingerprint density at radius 1 is 1.41 bits per heavy atom. The maximum absolute atomic E-state index is 5.44. The van der Waals surface area contributed by atoms with Gasteiger partial charge in [-0.2, -0.15) is 4.98 Å². The van der Waals surface area contributed by atoms with Crippen LogP contribution in [0.3, 0.4) is 0 Å². The predicted molar refractivity (Wildman–Crippen MR) is 64.5 cm³/mol. The van der Waals surface area contributed by atoms with Crippen LogP contribution in [-0.4, -0.2) is 16.7 Å². The fraction of sp³-hybridized carbons (Fsp3) is 0.846. The van der Waals surface area contributed by atoms with Gasteiger partial charge in [-0.1, -0.05) is 19.0 Å². The van der Waals surface area contributed by atoms with Crippen molar-refractivity contribution < 1.29 is 4.52 Å². The molecule has 0 bridgehead atoms. The minimum absolute atomic E-state index is 0.210. The van der Waals surface area contributed by atoms with E-state index in [0.29, 0.717) is 0 Å². The molecule has 0 aromatic carbocycles. The Morgan fingerprint density at radius 2 is 2.24 bits per heavy atom. The van der Waals surface area contributed by atoms with Gasteiger partial charge < -0.3 is 9.84 Å². The molecule has 94 valence electrons. The van der Waals surface area contributed by atoms with Crippen molar-refractivity contribution in [2.45, 2.75) is 52.0 Å². The maximum Gasteiger partial charge on any atom is 0.244 e. The van der Waals surface area contributed by atoms with Gasteiger partial charge in [0.05, 0.1) is 6.04 Å². The summed E-state index contributed by atoms with van der Waals surface area (Å²) < 4.78 is 5.44. The molecule has 2 heterocycles. The van der Waals surface area contributed by atoms with Crippen LogP contribution < -0.4 is 5.32 Å². The highest BCUT2D eigenvalue weighted by Gasteiger charge is 2.37. The molecule has 1 aromatic heterocycles. The van der Waals surface area contributed by atoms with Crippen molar-refractivity contribution in [1.82, 2.24) is 15.5 Å². The molecule has 4 heteroatoms. The summed E-state index contributed by atoms with van der Waals surface area (Å²) in [5.74, 6) is 2.49. The Hall–Kier alpha value is -0.900. The summed E-state index contributed by atoms with van der Waals surface area (Å²) in [6, 6.07) is 0.219. The standard InChI is InChI=1S/C13H21N3O/c1-13(2)6-3-7-14-11(13)12-15-10(16-17-12)8-9-4-5-9/h9,11,14H,3-8H2,1-2H3. The minimum Gasteiger partial charge on any atom is -0.338 e. The molecule has 1 aliphatic heterocycles. The molecule has 0 radical (unpaired) electrons. The van der Waals surface area contributed by atoms with Gasteiger partial charge in [0.25, 0.3) is 0 Å². The van der Waals surface area contributed by atoms with Crippen LogP contribution in [0, 0.1) is 11.3 Å². The number of rotatable bonds is 3. The molecule has 1 saturated carbocycles. The van der Waals surface area contributed by atoms with Crippen LogP contribution in [0.1, 0.15) is 57.3 Å². The number of aromatic nitrogens is 2. The summed E-state index contributed by atoms with van der Waals surface area (Å²) in [6.07, 6.45) is 6.10. The summed E-state index contributed by atoms with van der Waals surface area (Å²) >= 11 is 0. The van der Waals surface area contributed by atoms with Gasteiger partial charge in [0.15, 0.2) is 5.82 Å². The van der Waals surface area contributed by atoms with Crippen LogP contribution in [0.2, 0.25) is 0 Å². The van der Waals surface area contributed by atoms with E-state index in [4.69, 9.17) is 4.52 Å². The van der Waals surface area contributed by atoms with Crippen molar-refractivity contribution in [3.05, 3.63) is 11.7 Å². The highest BCUT2D eigenvalue weighted by molar-refractivity contribution is 5.02. The lowest BCUT2D eigenvalue weighted by atomic mass is 9.77. The van der Waals surface area contributed by atoms with Gasteiger partial charge in [0, 0.05) is 6.42 Å². The van der Waals surface area contributed by atoms with E-state index in [1.165, 1.54) is 25.7 Å². The van der Waals surface area contributed by atoms with Crippen molar-refractivity contribution in [2.24, 2.45) is 11.3 Å². The van der Waals surface area contributed by atoms with Crippen LogP contribution in [-0.2, 0) is 6.42 Å². The number of nitrogens with zero attached hydrogens (tertiary/aromatic N) is 2. The fourth-order valence-corrected chi connectivity index (χ4v) is 2.68. The first-order valence-corrected chi connectivity index (χ1v) is 6.71. The summed E-state index contributed by atoms with van der Waals surface area (Å²) in [4.78, 5) is 4.57. The summed E-state index contributed by atoms with van der Waals surface area (Å²) in [7, 11) is 0. The largest absolute Gasteiger partial charge is 0.338 e. The van der Waals surface area contributed by atoms with E-state index in [2.05, 4.69) is 29.3 Å². The molecule has 17 heavy (non-hydrogen) atoms. The van der Waals surface area contributed by atoms with E-state index in [1.54, 1.807) is 0 Å². The maximum atomic E-state index is 5.44. The van der Waals surface area contributed by atoms with Crippen LogP contribution >= 0.6 is 0 Å². The molecule has 1 aliphatic carbocycles. The second kappa shape index (κ2) is 4.09. The number of hydrogen-bond acceptors (Lipinski definition) is 4. The van der Waals surface area contributed by atoms with Gasteiger partial charge in [0.1, 0.15) is 0 Å². The van der Waals surface area contributed by atoms with Gasteiger partial charge in [-0.05, 0) is 43.6 Å². The molecule has 2 aliphatic rings. The Bertz CT molecular complexity index is 395. The van der Waals surface area contributed by atoms with Crippen molar-refractivity contribution >= 4 is 0 Å². The molecule has 0 spiro atoms. The van der Waals surface area contributed by atoms with Gasteiger partial charge >= 0.3 is 0 Å². The third-order valence-electron chi connectivity index (χ3n) is 4.03. The van der Waals surface area contributed by atoms with Gasteiger partial charge in [0.2, 0.25) is 5.89 Å². The van der Waals surface area contributed by atoms with E-state index >= 15 is 0 Å². The van der Waals surface area contributed by atoms with Crippen LogP contribution in [0.25, 0.3) is 0 Å². The topological polar surface area (TPSA) is 51.0 Å². The lowest BCUT2D eigenvalue weighted by Crippen LogP contribution is -2.39. The Morgan fingerprint density at radius 3 is 2.94 bits per heavy atom. The Labute approximate surface area is 102 Å². The number of piperidine rings is 1. The normalized spacial score (nSPS) is 28.2. The summed E-state index contributed by atoms with van der Waals surface area (Å²) in [5.41, 5.74) is 0.210. The monoisotopic (exact) mass is 235 g/mol. The van der Waals surface area contributed by atoms with Gasteiger partial charge in [-0.25, -0.2) is 0 Å². The molecule has 1 atom stereocenters. The molecular formula is C13H21N3O. The van der Waals surface area contributed by atoms with Gasteiger partial charge in [-0.3, -0.25) is 0 Å². The Balaban J connectivity index is 1.75. The van der Waals surface area contributed by atoms with E-state index in [0.717, 1.165) is 30.6 Å². The smallest absolute Gasteiger partial charge is 0.244 e. The molecule has 1 saturated heterocycles. The van der Waals surface area contributed by atoms with Crippen LogP contribution in [0.5, 0.6) is 0 Å². The number of nitrogens with one attached hydrogen (secondary N) is 1. The van der Waals surface area contributed by atoms with E-state index < -0.39 is 0 Å². The van der Waals surface area contributed by atoms with E-state index in [1.807, 2.05) is 0 Å². The van der Waals surface area contributed by atoms with Crippen molar-refractivity contribution in [3.63, 3.8) is 0 Å². The first kappa shape index (κ1) is 11.2. The van der Waals surface area contributed by atoms with Crippen molar-refractivity contribution in [3.8, 4) is 0 Å². The first-order valence-electron chi connectivity index (χ1n) is 6.71. The molecule has 4 nitrogen and oxygen atoms in total. The van der Waals surface area contributed by atoms with E-state index in [9.17, 15) is 0 Å². The molecule has 2 fully saturated rings. The Kier molecular flexibility index (Phi) is 2.69. The highest BCUT2D eigenvalue weighted by Crippen LogP contribution is 2.39. The second-order valence-corrected chi connectivity index (χ2v) is 6.18. The zero-order chi connectivity index (χ0) is 11.9. The third kappa shape index (κ3) is 2.37. The fourth-order valence-electron chi connectivity index (χ4n) is 2.68. The zero-order valence-corrected chi connectivity index (χ0v) is 10.7. The molecule has 1 N–H and O–H groups in total. The molecular weight excluding hydrogens is 214 g/mol. The molecule has 1 aromatic rings. The SMILES string of the molecule is CC1(C)CCCNC1c1nc(CC2CC2)no1. The second-order valence-electron chi connectivity index (χ2n) is 6.18. The van der Waals surface area contributed by atoms with Crippen molar-refractivity contribution in [1.29, 1.82) is 0 Å². The molecule has 3 rings (SSSR count). The lowest BCUT2D eigenvalue weighted by molar-refractivity contribution is 0.146.